The van der Waals surface area contributed by atoms with Crippen LogP contribution in [0.25, 0.3) is 17.2 Å². The zero-order valence-electron chi connectivity index (χ0n) is 20.9. The molecule has 5 rings (SSSR count). The van der Waals surface area contributed by atoms with Crippen LogP contribution in [0.2, 0.25) is 0 Å². The smallest absolute Gasteiger partial charge is 0.407 e. The van der Waals surface area contributed by atoms with Gasteiger partial charge in [0.2, 0.25) is 0 Å². The maximum atomic E-state index is 13.6. The molecule has 3 aliphatic rings. The number of allylic oxidation sites excluding steroid dienone is 1. The molecular formula is C29H33FN2O5. The van der Waals surface area contributed by atoms with Gasteiger partial charge < -0.3 is 19.9 Å². The van der Waals surface area contributed by atoms with E-state index in [0.29, 0.717) is 12.5 Å². The Morgan fingerprint density at radius 1 is 1.24 bits per heavy atom. The first-order valence-corrected chi connectivity index (χ1v) is 13.1. The summed E-state index contributed by atoms with van der Waals surface area (Å²) in [5.41, 5.74) is 2.36. The van der Waals surface area contributed by atoms with E-state index in [-0.39, 0.29) is 48.3 Å². The molecule has 2 saturated carbocycles. The van der Waals surface area contributed by atoms with Crippen LogP contribution in [0.15, 0.2) is 48.7 Å². The van der Waals surface area contributed by atoms with E-state index in [9.17, 15) is 19.1 Å². The van der Waals surface area contributed by atoms with Crippen molar-refractivity contribution in [1.29, 1.82) is 0 Å². The van der Waals surface area contributed by atoms with E-state index in [1.165, 1.54) is 12.1 Å². The van der Waals surface area contributed by atoms with Crippen molar-refractivity contribution in [3.05, 3.63) is 60.2 Å². The minimum Gasteiger partial charge on any atom is -0.462 e. The quantitative estimate of drug-likeness (QED) is 0.554. The number of nitrogens with one attached hydrogen (secondary N) is 1. The van der Waals surface area contributed by atoms with Crippen LogP contribution in [0.5, 0.6) is 0 Å². The number of pyridine rings is 1. The van der Waals surface area contributed by atoms with Gasteiger partial charge in [0.25, 0.3) is 0 Å². The molecule has 196 valence electrons. The van der Waals surface area contributed by atoms with E-state index in [1.807, 2.05) is 24.3 Å². The van der Waals surface area contributed by atoms with Gasteiger partial charge in [-0.05, 0) is 80.2 Å². The molecule has 2 N–H and O–H groups in total. The van der Waals surface area contributed by atoms with E-state index in [4.69, 9.17) is 9.47 Å². The molecule has 1 aromatic carbocycles. The van der Waals surface area contributed by atoms with Crippen LogP contribution in [0.4, 0.5) is 9.18 Å². The van der Waals surface area contributed by atoms with Crippen molar-refractivity contribution in [1.82, 2.24) is 10.3 Å². The molecule has 7 atom stereocenters. The predicted octanol–water partition coefficient (Wildman–Crippen LogP) is 4.60. The van der Waals surface area contributed by atoms with Gasteiger partial charge >= 0.3 is 12.1 Å². The molecule has 7 nitrogen and oxygen atoms in total. The van der Waals surface area contributed by atoms with Crippen LogP contribution < -0.4 is 5.32 Å². The highest BCUT2D eigenvalue weighted by atomic mass is 19.1. The van der Waals surface area contributed by atoms with Crippen LogP contribution in [-0.2, 0) is 14.3 Å². The standard InChI is InChI=1S/C29H33FN2O5/c1-2-36-29(35)32-22-9-10-23-19(13-22)14-26-27(25(16-33)28(34)37-26)24(23)11-8-21-7-6-18(15-31-21)17-4-3-5-20(30)12-17/h3-8,11-12,15,19,22-27,33H,2,9-10,13-14,16H2,1H3,(H,32,35)/b11-8+/t19-,22+,23+,24-,25+,26+,27+/m0/s1. The van der Waals surface area contributed by atoms with E-state index in [0.717, 1.165) is 42.5 Å². The maximum absolute atomic E-state index is 13.6. The molecule has 2 aliphatic carbocycles. The Kier molecular flexibility index (Phi) is 7.55. The number of hydrogen-bond donors (Lipinski definition) is 2. The Hall–Kier alpha value is -3.26. The fourth-order valence-corrected chi connectivity index (χ4v) is 6.59. The van der Waals surface area contributed by atoms with Crippen LogP contribution in [0.1, 0.15) is 38.3 Å². The lowest BCUT2D eigenvalue weighted by Crippen LogP contribution is -2.49. The molecule has 8 heteroatoms. The summed E-state index contributed by atoms with van der Waals surface area (Å²) < 4.78 is 24.4. The van der Waals surface area contributed by atoms with Crippen molar-refractivity contribution >= 4 is 18.1 Å². The second-order valence-electron chi connectivity index (χ2n) is 10.3. The number of hydrogen-bond acceptors (Lipinski definition) is 6. The average molecular weight is 509 g/mol. The highest BCUT2D eigenvalue weighted by Crippen LogP contribution is 2.52. The minimum atomic E-state index is -0.528. The van der Waals surface area contributed by atoms with Crippen molar-refractivity contribution in [3.63, 3.8) is 0 Å². The summed E-state index contributed by atoms with van der Waals surface area (Å²) in [7, 11) is 0. The summed E-state index contributed by atoms with van der Waals surface area (Å²) in [5, 5.41) is 13.0. The third kappa shape index (κ3) is 5.39. The third-order valence-corrected chi connectivity index (χ3v) is 8.21. The molecule has 2 aromatic rings. The molecule has 1 saturated heterocycles. The van der Waals surface area contributed by atoms with Crippen molar-refractivity contribution in [2.24, 2.45) is 29.6 Å². The number of halogens is 1. The first-order chi connectivity index (χ1) is 18.0. The largest absolute Gasteiger partial charge is 0.462 e. The summed E-state index contributed by atoms with van der Waals surface area (Å²) in [5.74, 6) is -0.593. The predicted molar refractivity (Wildman–Crippen MR) is 135 cm³/mol. The van der Waals surface area contributed by atoms with Gasteiger partial charge in [0, 0.05) is 23.7 Å². The van der Waals surface area contributed by atoms with Crippen LogP contribution in [-0.4, -0.2) is 47.5 Å². The molecular weight excluding hydrogens is 475 g/mol. The van der Waals surface area contributed by atoms with Gasteiger partial charge in [-0.25, -0.2) is 9.18 Å². The topological polar surface area (TPSA) is 97.8 Å². The summed E-state index contributed by atoms with van der Waals surface area (Å²) in [6.45, 7) is 1.89. The van der Waals surface area contributed by atoms with E-state index in [1.54, 1.807) is 19.2 Å². The molecule has 0 bridgehead atoms. The van der Waals surface area contributed by atoms with Gasteiger partial charge in [-0.2, -0.15) is 0 Å². The van der Waals surface area contributed by atoms with E-state index >= 15 is 0 Å². The lowest BCUT2D eigenvalue weighted by atomic mass is 9.58. The number of aliphatic hydroxyl groups excluding tert-OH is 1. The fourth-order valence-electron chi connectivity index (χ4n) is 6.59. The van der Waals surface area contributed by atoms with Crippen molar-refractivity contribution in [2.75, 3.05) is 13.2 Å². The summed E-state index contributed by atoms with van der Waals surface area (Å²) in [6, 6.07) is 10.3. The van der Waals surface area contributed by atoms with Gasteiger partial charge in [0.15, 0.2) is 0 Å². The molecule has 0 radical (unpaired) electrons. The van der Waals surface area contributed by atoms with Crippen molar-refractivity contribution in [2.45, 2.75) is 44.8 Å². The van der Waals surface area contributed by atoms with Gasteiger partial charge in [-0.15, -0.1) is 0 Å². The molecule has 37 heavy (non-hydrogen) atoms. The number of ether oxygens (including phenoxy) is 2. The zero-order valence-corrected chi connectivity index (χ0v) is 20.9. The molecule has 1 aromatic heterocycles. The van der Waals surface area contributed by atoms with Crippen LogP contribution >= 0.6 is 0 Å². The van der Waals surface area contributed by atoms with E-state index < -0.39 is 12.0 Å². The number of carbonyl (C=O) groups is 2. The van der Waals surface area contributed by atoms with Crippen molar-refractivity contribution < 1.29 is 28.6 Å². The second-order valence-corrected chi connectivity index (χ2v) is 10.3. The average Bonchev–Trinajstić information content (AvgIpc) is 3.21. The monoisotopic (exact) mass is 508 g/mol. The Labute approximate surface area is 216 Å². The molecule has 0 unspecified atom stereocenters. The number of aromatic nitrogens is 1. The summed E-state index contributed by atoms with van der Waals surface area (Å²) in [6.07, 6.45) is 8.47. The Bertz CT molecular complexity index is 1150. The third-order valence-electron chi connectivity index (χ3n) is 8.21. The number of alkyl carbamates (subject to hydrolysis) is 1. The number of esters is 1. The summed E-state index contributed by atoms with van der Waals surface area (Å²) in [4.78, 5) is 29.1. The Morgan fingerprint density at radius 3 is 2.84 bits per heavy atom. The highest BCUT2D eigenvalue weighted by Gasteiger charge is 2.55. The summed E-state index contributed by atoms with van der Waals surface area (Å²) >= 11 is 0. The van der Waals surface area contributed by atoms with Crippen molar-refractivity contribution in [3.8, 4) is 11.1 Å². The number of nitrogens with zero attached hydrogens (tertiary/aromatic N) is 1. The first kappa shape index (κ1) is 25.4. The SMILES string of the molecule is CCOC(=O)N[C@@H]1CC[C@@H]2[C@@H](C1)C[C@H]1OC(=O)[C@H](CO)[C@H]1[C@H]2/C=C/c1ccc(-c2cccc(F)c2)cn1. The number of rotatable bonds is 6. The van der Waals surface area contributed by atoms with Gasteiger partial charge in [0.05, 0.1) is 24.8 Å². The first-order valence-electron chi connectivity index (χ1n) is 13.1. The lowest BCUT2D eigenvalue weighted by molar-refractivity contribution is -0.146. The lowest BCUT2D eigenvalue weighted by Gasteiger charge is -2.47. The number of carbonyl (C=O) groups excluding carboxylic acids is 2. The van der Waals surface area contributed by atoms with Gasteiger partial charge in [-0.3, -0.25) is 9.78 Å². The van der Waals surface area contributed by atoms with Gasteiger partial charge in [-0.1, -0.05) is 24.3 Å². The Balaban J connectivity index is 1.35. The molecule has 3 fully saturated rings. The van der Waals surface area contributed by atoms with E-state index in [2.05, 4.69) is 16.4 Å². The minimum absolute atomic E-state index is 0.0317. The van der Waals surface area contributed by atoms with Gasteiger partial charge in [0.1, 0.15) is 11.9 Å². The number of amides is 1. The van der Waals surface area contributed by atoms with Crippen LogP contribution in [0, 0.1) is 35.4 Å². The fraction of sp³-hybridized carbons (Fsp3) is 0.483. The second kappa shape index (κ2) is 11.0. The van der Waals surface area contributed by atoms with Crippen LogP contribution in [0.3, 0.4) is 0 Å². The molecule has 1 amide bonds. The number of fused-ring (bicyclic) bond motifs is 2. The molecule has 2 heterocycles. The maximum Gasteiger partial charge on any atom is 0.407 e. The Morgan fingerprint density at radius 2 is 2.11 bits per heavy atom. The zero-order chi connectivity index (χ0) is 25.9. The molecule has 1 aliphatic heterocycles. The molecule has 0 spiro atoms. The highest BCUT2D eigenvalue weighted by molar-refractivity contribution is 5.75. The number of benzene rings is 1. The number of aliphatic hydroxyl groups is 1. The normalized spacial score (nSPS) is 30.9.